The van der Waals surface area contributed by atoms with E-state index in [1.54, 1.807) is 68.0 Å². The number of quaternary nitrogens is 1. The van der Waals surface area contributed by atoms with Crippen molar-refractivity contribution in [1.29, 1.82) is 0 Å². The number of fused-ring (bicyclic) bond motifs is 3. The molecule has 0 unspecified atom stereocenters. The van der Waals surface area contributed by atoms with Crippen LogP contribution >= 0.6 is 128 Å². The number of hydrogen-bond acceptors (Lipinski definition) is 15. The van der Waals surface area contributed by atoms with Gasteiger partial charge < -0.3 is 52.6 Å². The maximum atomic E-state index is 10.2. The van der Waals surface area contributed by atoms with Gasteiger partial charge >= 0.3 is 35.7 Å². The molecule has 32 heteroatoms. The molecule has 0 saturated heterocycles. The van der Waals surface area contributed by atoms with Gasteiger partial charge in [0.05, 0.1) is 18.6 Å². The van der Waals surface area contributed by atoms with Crippen LogP contribution in [-0.4, -0.2) is 129 Å². The first-order chi connectivity index (χ1) is 60.1. The third kappa shape index (κ3) is 39.6. The predicted octanol–water partition coefficient (Wildman–Crippen LogP) is 20.4. The van der Waals surface area contributed by atoms with E-state index in [9.17, 15) is 4.79 Å². The zero-order chi connectivity index (χ0) is 92.2. The monoisotopic (exact) mass is 2150 g/mol. The van der Waals surface area contributed by atoms with E-state index in [0.29, 0.717) is 86.5 Å². The topological polar surface area (TPSA) is 274 Å². The van der Waals surface area contributed by atoms with Gasteiger partial charge in [-0.1, -0.05) is 298 Å². The minimum absolute atomic E-state index is 0. The van der Waals surface area contributed by atoms with Crippen LogP contribution in [0.25, 0.3) is 10.8 Å². The Hall–Kier alpha value is -6.55. The summed E-state index contributed by atoms with van der Waals surface area (Å²) in [5, 5.41) is 25.3. The molecular formula is C94H101Cl12N5O13PtS. The van der Waals surface area contributed by atoms with Crippen LogP contribution in [0.5, 0.6) is 0 Å². The Bertz CT molecular complexity index is 5040. The van der Waals surface area contributed by atoms with Crippen molar-refractivity contribution < 1.29 is 94.5 Å². The molecule has 12 aromatic rings. The summed E-state index contributed by atoms with van der Waals surface area (Å²) in [6, 6.07) is 86.2. The van der Waals surface area contributed by atoms with Crippen LogP contribution in [0.2, 0.25) is 50.2 Å². The van der Waals surface area contributed by atoms with Gasteiger partial charge in [0.25, 0.3) is 0 Å². The van der Waals surface area contributed by atoms with E-state index in [2.05, 4.69) is 154 Å². The van der Waals surface area contributed by atoms with Crippen LogP contribution in [0.4, 0.5) is 0 Å². The van der Waals surface area contributed by atoms with Crippen molar-refractivity contribution in [1.82, 2.24) is 9.88 Å². The number of aliphatic imine (C=N–C) groups is 1. The Morgan fingerprint density at radius 1 is 0.508 bits per heavy atom. The first-order valence-electron chi connectivity index (χ1n) is 39.0. The minimum atomic E-state index is -4.67. The number of hydrogen-bond donors (Lipinski definition) is 6. The van der Waals surface area contributed by atoms with Gasteiger partial charge in [0.1, 0.15) is 17.7 Å². The molecule has 18 nitrogen and oxygen atoms in total. The second-order valence-corrected chi connectivity index (χ2v) is 32.2. The van der Waals surface area contributed by atoms with Crippen molar-refractivity contribution in [2.75, 3.05) is 66.3 Å². The van der Waals surface area contributed by atoms with Gasteiger partial charge in [-0.15, -0.1) is 11.6 Å². The van der Waals surface area contributed by atoms with Crippen LogP contribution in [0.3, 0.4) is 0 Å². The fourth-order valence-corrected chi connectivity index (χ4v) is 16.2. The van der Waals surface area contributed by atoms with E-state index in [4.69, 9.17) is 187 Å². The zero-order valence-electron chi connectivity index (χ0n) is 69.7. The fourth-order valence-electron chi connectivity index (χ4n) is 12.9. The summed E-state index contributed by atoms with van der Waals surface area (Å²) in [5.74, 6) is 0. The number of aliphatic hydroxyl groups is 2. The van der Waals surface area contributed by atoms with Crippen molar-refractivity contribution in [3.8, 4) is 0 Å². The van der Waals surface area contributed by atoms with E-state index in [-0.39, 0.29) is 31.6 Å². The van der Waals surface area contributed by atoms with Crippen molar-refractivity contribution in [3.63, 3.8) is 0 Å². The molecule has 0 aliphatic carbocycles. The number of alkyl halides is 1. The Morgan fingerprint density at radius 2 is 0.849 bits per heavy atom. The third-order valence-corrected chi connectivity index (χ3v) is 20.9. The number of carbonyl (C=O) groups is 1. The molecule has 0 fully saturated rings. The number of carbonyl (C=O) groups excluding carboxylic acids is 1. The quantitative estimate of drug-likeness (QED) is 0.0103. The molecule has 126 heavy (non-hydrogen) atoms. The number of ether oxygens (including phenoxy) is 4. The summed E-state index contributed by atoms with van der Waals surface area (Å²) in [6.07, 6.45) is 7.31. The molecule has 11 aromatic carbocycles. The molecule has 8 N–H and O–H groups in total. The van der Waals surface area contributed by atoms with E-state index < -0.39 is 39.3 Å². The average Bonchev–Trinajstić information content (AvgIpc) is 0.728. The van der Waals surface area contributed by atoms with E-state index in [1.807, 2.05) is 113 Å². The molecule has 0 saturated carbocycles. The Balaban J connectivity index is 0.000000384. The van der Waals surface area contributed by atoms with Crippen molar-refractivity contribution >= 4 is 161 Å². The van der Waals surface area contributed by atoms with Crippen molar-refractivity contribution in [2.45, 2.75) is 83.5 Å². The average molecular weight is 2160 g/mol. The summed E-state index contributed by atoms with van der Waals surface area (Å²) in [6.45, 7) is 16.8. The number of nitrogens with two attached hydrogens (primary N) is 2. The summed E-state index contributed by atoms with van der Waals surface area (Å²) >= 11 is 64.8. The predicted molar refractivity (Wildman–Crippen MR) is 508 cm³/mol. The molecular weight excluding hydrogens is 2060 g/mol. The molecule has 1 aromatic heterocycles. The van der Waals surface area contributed by atoms with Crippen molar-refractivity contribution in [3.05, 3.63) is 390 Å². The molecule has 0 radical (unpaired) electrons. The van der Waals surface area contributed by atoms with Gasteiger partial charge in [-0.05, 0) is 176 Å². The van der Waals surface area contributed by atoms with Gasteiger partial charge in [0.15, 0.2) is 12.6 Å². The standard InChI is InChI=1S/C28H23Cl2N.C19H15Cl.C13H17Cl2NO2.C9H9Cl2N.C9H5Cl2N.C7H4Cl2O.C6H15NO2.C2H6O.CH4O.ClH.H2O4S.2O.Pt/c29-25-18-21-20-31(17-16-26(21)27(30)19-25)28(22-10-4-1-5-11-22,23-12-6-2-7-13-23)24-14-8-3-9-15-24;20-19(16-10-4-1-5-11-16,17-12-6-2-7-13-17)18-14-8-3-9-15-18;1-3-17-13(18-4-2)9-16-8-10-5-11(14)7-12(15)6-10;2*10-7-3-6-5-12-2-1-8(6)9(11)4-7;8-6-1-5(4-10)2-7(9)3-6;1-3-8-6(5-7)9-4-2;1-2-3;1-2;;1-5(2,3)4;;;/h1-15,18-19H,16-17,20H2;1-15H;5-8,13H,3-4,9H2,1-2H3;3-4,12H,1-2,5H2;1-5H;1-4H;6H,3-5,7H2,1-2H3;3H,2H2,1H3;2H,1H3;1H;(H2,1,2,3,4);;;. The Labute approximate surface area is 809 Å². The summed E-state index contributed by atoms with van der Waals surface area (Å²) in [5.41, 5.74) is 18.2. The number of rotatable bonds is 20. The molecule has 0 amide bonds. The summed E-state index contributed by atoms with van der Waals surface area (Å²) in [7, 11) is -3.67. The van der Waals surface area contributed by atoms with Gasteiger partial charge in [-0.25, -0.2) is 0 Å². The maximum absolute atomic E-state index is 10.2. The van der Waals surface area contributed by atoms with Crippen molar-refractivity contribution in [2.24, 2.45) is 10.7 Å². The van der Waals surface area contributed by atoms with Gasteiger partial charge in [0.2, 0.25) is 0 Å². The number of nitrogens with zero attached hydrogens (tertiary/aromatic N) is 3. The van der Waals surface area contributed by atoms with Gasteiger partial charge in [-0.3, -0.25) is 28.8 Å². The summed E-state index contributed by atoms with van der Waals surface area (Å²) in [4.78, 5) is 20.4. The van der Waals surface area contributed by atoms with E-state index in [1.165, 1.54) is 38.9 Å². The van der Waals surface area contributed by atoms with Crippen LogP contribution < -0.4 is 23.5 Å². The number of aldehydes is 1. The third-order valence-electron chi connectivity index (χ3n) is 17.7. The Kier molecular flexibility index (Phi) is 57.2. The number of pyridine rings is 1. The van der Waals surface area contributed by atoms with Crippen LogP contribution in [-0.2, 0) is 91.0 Å². The first-order valence-corrected chi connectivity index (χ1v) is 46.4. The fraction of sp³-hybridized carbons (Fsp3) is 0.245. The van der Waals surface area contributed by atoms with Crippen LogP contribution in [0.15, 0.2) is 278 Å². The van der Waals surface area contributed by atoms with E-state index in [0.717, 1.165) is 94.2 Å². The second-order valence-electron chi connectivity index (χ2n) is 26.1. The van der Waals surface area contributed by atoms with E-state index >= 15 is 0 Å². The first kappa shape index (κ1) is 114. The normalized spacial score (nSPS) is 11.8. The molecule has 0 bridgehead atoms. The molecule has 3 heterocycles. The number of aromatic nitrogens is 1. The number of halogens is 12. The molecule has 14 rings (SSSR count). The summed E-state index contributed by atoms with van der Waals surface area (Å²) < 4.78 is 69.5. The molecule has 0 atom stereocenters. The molecule has 2 aliphatic rings. The number of benzene rings is 11. The van der Waals surface area contributed by atoms with Gasteiger partial charge in [0, 0.05) is 157 Å². The SMILES string of the molecule is CCO.CCOC(CN)OCC.CCOC(CN=Cc1cc(Cl)cc(Cl)c1)OCC.CO.ClC(c1ccccc1)(c1ccccc1)c1ccccc1.Clc1cc(Cl)c2c(c1)CN(C(c1ccccc1)(c1ccccc1)c1ccccc1)CC2.Clc1cc(Cl)c2c(c1)C[NH2+]CC2.Clc1cc(Cl)c2ccncc2c1.O=Cc1cc(Cl)cc(Cl)c1.O=S(=O)(O)O.[Cl-].[O]=[Pt]=[O]. The van der Waals surface area contributed by atoms with Crippen LogP contribution in [0, 0.1) is 0 Å². The van der Waals surface area contributed by atoms with Gasteiger partial charge in [-0.2, -0.15) is 8.42 Å². The molecule has 680 valence electrons. The molecule has 2 aliphatic heterocycles. The second kappa shape index (κ2) is 63.5. The zero-order valence-corrected chi connectivity index (χ0v) is 81.9. The number of aliphatic hydroxyl groups excluding tert-OH is 2. The van der Waals surface area contributed by atoms with Crippen LogP contribution in [0.1, 0.15) is 106 Å². The Morgan fingerprint density at radius 3 is 1.23 bits per heavy atom. The molecule has 0 spiro atoms.